The smallest absolute Gasteiger partial charge is 0.243 e. The van der Waals surface area contributed by atoms with Crippen LogP contribution in [-0.2, 0) is 23.1 Å². The highest BCUT2D eigenvalue weighted by Crippen LogP contribution is 2.19. The van der Waals surface area contributed by atoms with Gasteiger partial charge < -0.3 is 0 Å². The van der Waals surface area contributed by atoms with Crippen molar-refractivity contribution < 1.29 is 17.2 Å². The van der Waals surface area contributed by atoms with E-state index in [1.54, 1.807) is 0 Å². The van der Waals surface area contributed by atoms with Gasteiger partial charge in [0.15, 0.2) is 11.6 Å². The first kappa shape index (κ1) is 19.9. The monoisotopic (exact) mass is 394 g/mol. The molecule has 1 heterocycles. The van der Waals surface area contributed by atoms with Crippen LogP contribution in [0, 0.1) is 17.6 Å². The third kappa shape index (κ3) is 5.12. The van der Waals surface area contributed by atoms with E-state index in [2.05, 4.69) is 16.5 Å². The van der Waals surface area contributed by atoms with E-state index < -0.39 is 26.6 Å². The van der Waals surface area contributed by atoms with Crippen molar-refractivity contribution in [3.05, 3.63) is 65.2 Å². The first-order valence-corrected chi connectivity index (χ1v) is 10.6. The number of piperidine rings is 1. The Balaban J connectivity index is 1.65. The lowest BCUT2D eigenvalue weighted by molar-refractivity contribution is 0.185. The van der Waals surface area contributed by atoms with E-state index in [-0.39, 0.29) is 6.54 Å². The van der Waals surface area contributed by atoms with Crippen molar-refractivity contribution in [2.75, 3.05) is 13.1 Å². The van der Waals surface area contributed by atoms with Crippen molar-refractivity contribution in [1.82, 2.24) is 9.62 Å². The predicted octanol–water partition coefficient (Wildman–Crippen LogP) is 3.68. The molecule has 1 saturated heterocycles. The number of likely N-dealkylation sites (tertiary alicyclic amines) is 1. The van der Waals surface area contributed by atoms with Crippen LogP contribution in [0.4, 0.5) is 8.78 Å². The topological polar surface area (TPSA) is 49.4 Å². The Kier molecular flexibility index (Phi) is 6.24. The third-order valence-corrected chi connectivity index (χ3v) is 6.36. The van der Waals surface area contributed by atoms with Gasteiger partial charge in [-0.15, -0.1) is 0 Å². The molecule has 2 aromatic rings. The zero-order valence-corrected chi connectivity index (χ0v) is 16.1. The Hall–Kier alpha value is -1.83. The van der Waals surface area contributed by atoms with E-state index in [9.17, 15) is 17.2 Å². The Bertz CT molecular complexity index is 895. The van der Waals surface area contributed by atoms with Gasteiger partial charge in [-0.1, -0.05) is 37.3 Å². The molecule has 1 aliphatic heterocycles. The molecule has 4 nitrogen and oxygen atoms in total. The molecule has 1 N–H and O–H groups in total. The minimum Gasteiger partial charge on any atom is -0.299 e. The summed E-state index contributed by atoms with van der Waals surface area (Å²) >= 11 is 0. The van der Waals surface area contributed by atoms with Gasteiger partial charge in [0.25, 0.3) is 0 Å². The van der Waals surface area contributed by atoms with E-state index in [4.69, 9.17) is 0 Å². The van der Waals surface area contributed by atoms with Crippen LogP contribution in [0.15, 0.2) is 47.4 Å². The highest BCUT2D eigenvalue weighted by Gasteiger charge is 2.21. The van der Waals surface area contributed by atoms with Gasteiger partial charge >= 0.3 is 0 Å². The van der Waals surface area contributed by atoms with Gasteiger partial charge in [-0.2, -0.15) is 0 Å². The molecule has 0 unspecified atom stereocenters. The molecule has 1 aliphatic rings. The fourth-order valence-corrected chi connectivity index (χ4v) is 4.37. The second kappa shape index (κ2) is 8.46. The van der Waals surface area contributed by atoms with Crippen molar-refractivity contribution in [3.63, 3.8) is 0 Å². The standard InChI is InChI=1S/C20H24F2N2O2S/c1-15-8-10-24(11-9-15)14-17-5-2-4-16(12-17)13-23-27(25,26)19-7-3-6-18(21)20(19)22/h2-7,12,15,23H,8-11,13-14H2,1H3. The van der Waals surface area contributed by atoms with Gasteiger partial charge in [0, 0.05) is 13.1 Å². The zero-order valence-electron chi connectivity index (χ0n) is 15.3. The molecule has 0 aromatic heterocycles. The summed E-state index contributed by atoms with van der Waals surface area (Å²) in [6.45, 7) is 5.24. The number of sulfonamides is 1. The van der Waals surface area contributed by atoms with E-state index in [1.165, 1.54) is 18.9 Å². The summed E-state index contributed by atoms with van der Waals surface area (Å²) in [6.07, 6.45) is 2.39. The van der Waals surface area contributed by atoms with Crippen molar-refractivity contribution in [2.45, 2.75) is 37.8 Å². The average Bonchev–Trinajstić information content (AvgIpc) is 2.64. The maximum atomic E-state index is 13.8. The number of nitrogens with zero attached hydrogens (tertiary/aromatic N) is 1. The molecule has 0 amide bonds. The highest BCUT2D eigenvalue weighted by atomic mass is 32.2. The predicted molar refractivity (Wildman–Crippen MR) is 101 cm³/mol. The number of rotatable bonds is 6. The molecule has 27 heavy (non-hydrogen) atoms. The SMILES string of the molecule is CC1CCN(Cc2cccc(CNS(=O)(=O)c3cccc(F)c3F)c2)CC1. The Morgan fingerprint density at radius 2 is 1.74 bits per heavy atom. The summed E-state index contributed by atoms with van der Waals surface area (Å²) in [7, 11) is -4.13. The van der Waals surface area contributed by atoms with E-state index in [0.717, 1.165) is 48.8 Å². The maximum Gasteiger partial charge on any atom is 0.243 e. The van der Waals surface area contributed by atoms with E-state index in [1.807, 2.05) is 24.3 Å². The summed E-state index contributed by atoms with van der Waals surface area (Å²) in [5.74, 6) is -1.78. The van der Waals surface area contributed by atoms with Crippen molar-refractivity contribution in [3.8, 4) is 0 Å². The Morgan fingerprint density at radius 3 is 2.48 bits per heavy atom. The molecule has 146 valence electrons. The van der Waals surface area contributed by atoms with Crippen LogP contribution in [0.1, 0.15) is 30.9 Å². The lowest BCUT2D eigenvalue weighted by atomic mass is 9.98. The molecule has 0 atom stereocenters. The summed E-state index contributed by atoms with van der Waals surface area (Å²) in [4.78, 5) is 1.71. The summed E-state index contributed by atoms with van der Waals surface area (Å²) in [5, 5.41) is 0. The van der Waals surface area contributed by atoms with Crippen LogP contribution in [-0.4, -0.2) is 26.4 Å². The van der Waals surface area contributed by atoms with Gasteiger partial charge in [-0.25, -0.2) is 21.9 Å². The first-order valence-electron chi connectivity index (χ1n) is 9.09. The Labute approximate surface area is 159 Å². The van der Waals surface area contributed by atoms with Gasteiger partial charge in [0.1, 0.15) is 4.90 Å². The van der Waals surface area contributed by atoms with Gasteiger partial charge in [-0.05, 0) is 55.1 Å². The van der Waals surface area contributed by atoms with Crippen molar-refractivity contribution >= 4 is 10.0 Å². The lowest BCUT2D eigenvalue weighted by Gasteiger charge is -2.30. The Morgan fingerprint density at radius 1 is 1.07 bits per heavy atom. The molecule has 0 aliphatic carbocycles. The van der Waals surface area contributed by atoms with Crippen LogP contribution in [0.25, 0.3) is 0 Å². The maximum absolute atomic E-state index is 13.8. The number of benzene rings is 2. The molecule has 0 spiro atoms. The van der Waals surface area contributed by atoms with Crippen LogP contribution in [0.3, 0.4) is 0 Å². The molecule has 0 radical (unpaired) electrons. The normalized spacial score (nSPS) is 16.6. The molecule has 0 bridgehead atoms. The van der Waals surface area contributed by atoms with E-state index >= 15 is 0 Å². The fraction of sp³-hybridized carbons (Fsp3) is 0.400. The summed E-state index contributed by atoms with van der Waals surface area (Å²) < 4.78 is 54.0. The zero-order chi connectivity index (χ0) is 19.4. The molecule has 1 fully saturated rings. The van der Waals surface area contributed by atoms with Crippen molar-refractivity contribution in [2.24, 2.45) is 5.92 Å². The molecular formula is C20H24F2N2O2S. The summed E-state index contributed by atoms with van der Waals surface area (Å²) in [6, 6.07) is 10.8. The second-order valence-corrected chi connectivity index (χ2v) is 8.89. The van der Waals surface area contributed by atoms with Crippen molar-refractivity contribution in [1.29, 1.82) is 0 Å². The lowest BCUT2D eigenvalue weighted by Crippen LogP contribution is -2.32. The number of hydrogen-bond acceptors (Lipinski definition) is 3. The van der Waals surface area contributed by atoms with Crippen LogP contribution in [0.2, 0.25) is 0 Å². The fourth-order valence-electron chi connectivity index (χ4n) is 3.26. The molecule has 3 rings (SSSR count). The average molecular weight is 394 g/mol. The molecular weight excluding hydrogens is 370 g/mol. The number of halogens is 2. The second-order valence-electron chi connectivity index (χ2n) is 7.16. The number of nitrogens with one attached hydrogen (secondary N) is 1. The van der Waals surface area contributed by atoms with Crippen LogP contribution >= 0.6 is 0 Å². The first-order chi connectivity index (χ1) is 12.8. The molecule has 7 heteroatoms. The largest absolute Gasteiger partial charge is 0.299 e. The van der Waals surface area contributed by atoms with Gasteiger partial charge in [0.05, 0.1) is 0 Å². The van der Waals surface area contributed by atoms with Gasteiger partial charge in [0.2, 0.25) is 10.0 Å². The molecule has 2 aromatic carbocycles. The minimum absolute atomic E-state index is 0.0170. The third-order valence-electron chi connectivity index (χ3n) is 4.95. The minimum atomic E-state index is -4.13. The van der Waals surface area contributed by atoms with Crippen LogP contribution < -0.4 is 4.72 Å². The van der Waals surface area contributed by atoms with Gasteiger partial charge in [-0.3, -0.25) is 4.90 Å². The quantitative estimate of drug-likeness (QED) is 0.813. The number of hydrogen-bond donors (Lipinski definition) is 1. The van der Waals surface area contributed by atoms with E-state index in [0.29, 0.717) is 0 Å². The highest BCUT2D eigenvalue weighted by molar-refractivity contribution is 7.89. The summed E-state index contributed by atoms with van der Waals surface area (Å²) in [5.41, 5.74) is 1.89. The van der Waals surface area contributed by atoms with Crippen LogP contribution in [0.5, 0.6) is 0 Å². The molecule has 0 saturated carbocycles.